The number of nitrogens with one attached hydrogen (secondary N) is 1. The molecule has 108 valence electrons. The molecule has 1 saturated heterocycles. The average molecular weight is 307 g/mol. The number of fused-ring (bicyclic) bond motifs is 1. The molecule has 3 heterocycles. The van der Waals surface area contributed by atoms with E-state index in [2.05, 4.69) is 10.3 Å². The molecule has 19 heavy (non-hydrogen) atoms. The fourth-order valence-electron chi connectivity index (χ4n) is 2.53. The van der Waals surface area contributed by atoms with Gasteiger partial charge in [0.2, 0.25) is 0 Å². The monoisotopic (exact) mass is 306 g/mol. The first-order chi connectivity index (χ1) is 8.68. The van der Waals surface area contributed by atoms with Gasteiger partial charge in [0, 0.05) is 45.3 Å². The predicted octanol–water partition coefficient (Wildman–Crippen LogP) is 0.235. The van der Waals surface area contributed by atoms with Crippen molar-refractivity contribution in [1.82, 2.24) is 19.2 Å². The first kappa shape index (κ1) is 14.8. The highest BCUT2D eigenvalue weighted by Gasteiger charge is 2.29. The standard InChI is InChI=1S/C11H18N4O2S.ClH/c16-18(17,15-7-4-12-5-8-15)11-9-14-6-2-1-3-10(14)13-11;/h9,12H,1-8H2;1H. The second kappa shape index (κ2) is 5.78. The second-order valence-corrected chi connectivity index (χ2v) is 6.68. The third kappa shape index (κ3) is 2.79. The number of imidazole rings is 1. The number of aryl methyl sites for hydroxylation is 2. The largest absolute Gasteiger partial charge is 0.333 e. The maximum Gasteiger partial charge on any atom is 0.262 e. The van der Waals surface area contributed by atoms with Gasteiger partial charge >= 0.3 is 0 Å². The molecule has 0 atom stereocenters. The summed E-state index contributed by atoms with van der Waals surface area (Å²) in [6.07, 6.45) is 4.80. The van der Waals surface area contributed by atoms with Crippen LogP contribution >= 0.6 is 12.4 Å². The molecule has 1 aromatic rings. The van der Waals surface area contributed by atoms with Crippen molar-refractivity contribution in [2.24, 2.45) is 0 Å². The lowest BCUT2D eigenvalue weighted by Gasteiger charge is -2.25. The number of hydrogen-bond acceptors (Lipinski definition) is 4. The second-order valence-electron chi connectivity index (χ2n) is 4.80. The highest BCUT2D eigenvalue weighted by Crippen LogP contribution is 2.20. The minimum Gasteiger partial charge on any atom is -0.333 e. The number of halogens is 1. The van der Waals surface area contributed by atoms with E-state index in [-0.39, 0.29) is 17.4 Å². The Morgan fingerprint density at radius 2 is 1.89 bits per heavy atom. The van der Waals surface area contributed by atoms with Crippen molar-refractivity contribution in [2.45, 2.75) is 30.8 Å². The lowest BCUT2D eigenvalue weighted by Crippen LogP contribution is -2.46. The quantitative estimate of drug-likeness (QED) is 0.850. The zero-order valence-electron chi connectivity index (χ0n) is 10.7. The van der Waals surface area contributed by atoms with Gasteiger partial charge < -0.3 is 9.88 Å². The molecule has 0 unspecified atom stereocenters. The van der Waals surface area contributed by atoms with Gasteiger partial charge in [0.05, 0.1) is 0 Å². The summed E-state index contributed by atoms with van der Waals surface area (Å²) in [7, 11) is -3.39. The van der Waals surface area contributed by atoms with E-state index in [9.17, 15) is 8.42 Å². The predicted molar refractivity (Wildman–Crippen MR) is 74.0 cm³/mol. The van der Waals surface area contributed by atoms with Gasteiger partial charge in [-0.2, -0.15) is 4.31 Å². The molecular weight excluding hydrogens is 288 g/mol. The van der Waals surface area contributed by atoms with Gasteiger partial charge in [-0.3, -0.25) is 0 Å². The van der Waals surface area contributed by atoms with Crippen LogP contribution in [0, 0.1) is 0 Å². The molecule has 8 heteroatoms. The summed E-state index contributed by atoms with van der Waals surface area (Å²) < 4.78 is 28.4. The van der Waals surface area contributed by atoms with Gasteiger partial charge in [-0.25, -0.2) is 13.4 Å². The zero-order chi connectivity index (χ0) is 12.6. The first-order valence-corrected chi connectivity index (χ1v) is 7.89. The molecule has 6 nitrogen and oxygen atoms in total. The Balaban J connectivity index is 0.00000133. The van der Waals surface area contributed by atoms with E-state index in [0.29, 0.717) is 26.2 Å². The van der Waals surface area contributed by atoms with Crippen molar-refractivity contribution in [3.8, 4) is 0 Å². The van der Waals surface area contributed by atoms with Crippen LogP contribution in [0.2, 0.25) is 0 Å². The minimum atomic E-state index is -3.39. The number of nitrogens with zero attached hydrogens (tertiary/aromatic N) is 3. The van der Waals surface area contributed by atoms with Crippen LogP contribution in [0.25, 0.3) is 0 Å². The van der Waals surface area contributed by atoms with Crippen molar-refractivity contribution in [3.63, 3.8) is 0 Å². The van der Waals surface area contributed by atoms with Gasteiger partial charge in [-0.05, 0) is 12.8 Å². The molecule has 0 saturated carbocycles. The average Bonchev–Trinajstić information content (AvgIpc) is 2.84. The van der Waals surface area contributed by atoms with Crippen LogP contribution in [0.3, 0.4) is 0 Å². The van der Waals surface area contributed by atoms with Gasteiger partial charge in [0.1, 0.15) is 5.82 Å². The molecule has 0 radical (unpaired) electrons. The topological polar surface area (TPSA) is 67.2 Å². The smallest absolute Gasteiger partial charge is 0.262 e. The van der Waals surface area contributed by atoms with Gasteiger partial charge in [0.25, 0.3) is 10.0 Å². The van der Waals surface area contributed by atoms with Crippen molar-refractivity contribution in [3.05, 3.63) is 12.0 Å². The fraction of sp³-hybridized carbons (Fsp3) is 0.727. The third-order valence-electron chi connectivity index (χ3n) is 3.57. The normalized spacial score (nSPS) is 20.6. The summed E-state index contributed by atoms with van der Waals surface area (Å²) in [4.78, 5) is 4.31. The van der Waals surface area contributed by atoms with Crippen LogP contribution in [0.1, 0.15) is 18.7 Å². The highest BCUT2D eigenvalue weighted by atomic mass is 35.5. The maximum atomic E-state index is 12.4. The van der Waals surface area contributed by atoms with Gasteiger partial charge in [0.15, 0.2) is 5.03 Å². The van der Waals surface area contributed by atoms with Crippen LogP contribution in [-0.4, -0.2) is 48.5 Å². The van der Waals surface area contributed by atoms with Gasteiger partial charge in [-0.15, -0.1) is 12.4 Å². The SMILES string of the molecule is Cl.O=S(=O)(c1cn2c(n1)CCCC2)N1CCNCC1. The van der Waals surface area contributed by atoms with Crippen molar-refractivity contribution in [1.29, 1.82) is 0 Å². The molecule has 1 fully saturated rings. The van der Waals surface area contributed by atoms with E-state index in [1.807, 2.05) is 4.57 Å². The highest BCUT2D eigenvalue weighted by molar-refractivity contribution is 7.89. The summed E-state index contributed by atoms with van der Waals surface area (Å²) in [5.41, 5.74) is 0. The van der Waals surface area contributed by atoms with Crippen molar-refractivity contribution in [2.75, 3.05) is 26.2 Å². The van der Waals surface area contributed by atoms with Crippen LogP contribution in [0.4, 0.5) is 0 Å². The Morgan fingerprint density at radius 3 is 2.58 bits per heavy atom. The maximum absolute atomic E-state index is 12.4. The Labute approximate surface area is 119 Å². The van der Waals surface area contributed by atoms with E-state index in [4.69, 9.17) is 0 Å². The molecule has 1 aromatic heterocycles. The first-order valence-electron chi connectivity index (χ1n) is 6.45. The Hall–Kier alpha value is -0.630. The summed E-state index contributed by atoms with van der Waals surface area (Å²) in [5, 5.41) is 3.38. The van der Waals surface area contributed by atoms with Crippen LogP contribution in [0.15, 0.2) is 11.2 Å². The molecule has 0 aliphatic carbocycles. The molecule has 0 aromatic carbocycles. The van der Waals surface area contributed by atoms with Crippen molar-refractivity contribution >= 4 is 22.4 Å². The molecule has 0 amide bonds. The summed E-state index contributed by atoms with van der Waals surface area (Å²) in [5.74, 6) is 0.912. The van der Waals surface area contributed by atoms with E-state index < -0.39 is 10.0 Å². The number of piperazine rings is 1. The summed E-state index contributed by atoms with van der Waals surface area (Å²) in [6.45, 7) is 3.38. The zero-order valence-corrected chi connectivity index (χ0v) is 12.3. The van der Waals surface area contributed by atoms with Crippen LogP contribution < -0.4 is 5.32 Å². The number of sulfonamides is 1. The molecule has 0 bridgehead atoms. The number of aromatic nitrogens is 2. The third-order valence-corrected chi connectivity index (χ3v) is 5.34. The number of rotatable bonds is 2. The Bertz CT molecular complexity index is 513. The lowest BCUT2D eigenvalue weighted by molar-refractivity contribution is 0.359. The molecule has 2 aliphatic heterocycles. The van der Waals surface area contributed by atoms with E-state index in [0.717, 1.165) is 31.6 Å². The lowest BCUT2D eigenvalue weighted by atomic mass is 10.2. The van der Waals surface area contributed by atoms with E-state index in [1.54, 1.807) is 6.20 Å². The van der Waals surface area contributed by atoms with Crippen LogP contribution in [0.5, 0.6) is 0 Å². The van der Waals surface area contributed by atoms with Crippen molar-refractivity contribution < 1.29 is 8.42 Å². The van der Waals surface area contributed by atoms with Gasteiger partial charge in [-0.1, -0.05) is 0 Å². The van der Waals surface area contributed by atoms with E-state index in [1.165, 1.54) is 4.31 Å². The molecule has 3 rings (SSSR count). The van der Waals surface area contributed by atoms with Crippen LogP contribution in [-0.2, 0) is 23.0 Å². The summed E-state index contributed by atoms with van der Waals surface area (Å²) in [6, 6.07) is 0. The number of hydrogen-bond donors (Lipinski definition) is 1. The minimum absolute atomic E-state index is 0. The van der Waals surface area contributed by atoms with E-state index >= 15 is 0 Å². The Morgan fingerprint density at radius 1 is 1.16 bits per heavy atom. The Kier molecular flexibility index (Phi) is 4.50. The summed E-state index contributed by atoms with van der Waals surface area (Å²) >= 11 is 0. The molecule has 0 spiro atoms. The molecule has 2 aliphatic rings. The molecular formula is C11H19ClN4O2S. The fourth-order valence-corrected chi connectivity index (χ4v) is 3.94. The molecule has 1 N–H and O–H groups in total.